The molecule has 1 amide bonds. The van der Waals surface area contributed by atoms with E-state index in [0.717, 1.165) is 5.69 Å². The van der Waals surface area contributed by atoms with Crippen LogP contribution in [-0.2, 0) is 14.8 Å². The molecule has 3 aromatic rings. The summed E-state index contributed by atoms with van der Waals surface area (Å²) in [6, 6.07) is 19.1. The van der Waals surface area contributed by atoms with Gasteiger partial charge < -0.3 is 9.64 Å². The first-order valence-electron chi connectivity index (χ1n) is 8.46. The van der Waals surface area contributed by atoms with E-state index in [1.165, 1.54) is 27.6 Å². The summed E-state index contributed by atoms with van der Waals surface area (Å²) in [7, 11) is -0.387. The highest BCUT2D eigenvalue weighted by molar-refractivity contribution is 7.94. The lowest BCUT2D eigenvalue weighted by Crippen LogP contribution is -2.31. The van der Waals surface area contributed by atoms with Gasteiger partial charge in [-0.1, -0.05) is 24.3 Å². The molecule has 2 aromatic carbocycles. The number of benzene rings is 2. The predicted molar refractivity (Wildman–Crippen MR) is 112 cm³/mol. The second kappa shape index (κ2) is 8.45. The van der Waals surface area contributed by atoms with E-state index in [-0.39, 0.29) is 16.7 Å². The number of carbonyl (C=O) groups is 1. The van der Waals surface area contributed by atoms with Crippen LogP contribution >= 0.6 is 11.3 Å². The third-order valence-electron chi connectivity index (χ3n) is 4.19. The number of para-hydroxylation sites is 1. The molecule has 3 rings (SSSR count). The number of hydrogen-bond acceptors (Lipinski definition) is 5. The fraction of sp³-hybridized carbons (Fsp3) is 0.150. The van der Waals surface area contributed by atoms with Crippen LogP contribution in [0.1, 0.15) is 0 Å². The number of rotatable bonds is 7. The first-order valence-corrected chi connectivity index (χ1v) is 10.8. The van der Waals surface area contributed by atoms with Gasteiger partial charge in [-0.15, -0.1) is 11.3 Å². The van der Waals surface area contributed by atoms with E-state index in [1.807, 2.05) is 30.3 Å². The van der Waals surface area contributed by atoms with E-state index in [1.54, 1.807) is 48.8 Å². The van der Waals surface area contributed by atoms with Gasteiger partial charge in [-0.2, -0.15) is 0 Å². The van der Waals surface area contributed by atoms with Crippen LogP contribution in [0.15, 0.2) is 76.3 Å². The number of likely N-dealkylation sites (N-methyl/N-ethyl adjacent to an activating group) is 1. The number of nitrogens with zero attached hydrogens (tertiary/aromatic N) is 2. The summed E-state index contributed by atoms with van der Waals surface area (Å²) >= 11 is 1.17. The van der Waals surface area contributed by atoms with Gasteiger partial charge in [0.1, 0.15) is 9.96 Å². The van der Waals surface area contributed by atoms with Gasteiger partial charge in [0.15, 0.2) is 6.61 Å². The highest BCUT2D eigenvalue weighted by atomic mass is 32.2. The summed E-state index contributed by atoms with van der Waals surface area (Å²) in [4.78, 5) is 13.8. The van der Waals surface area contributed by atoms with Crippen molar-refractivity contribution in [3.8, 4) is 5.75 Å². The van der Waals surface area contributed by atoms with Gasteiger partial charge >= 0.3 is 0 Å². The molecular formula is C20H20N2O4S2. The van der Waals surface area contributed by atoms with Gasteiger partial charge in [-0.3, -0.25) is 9.10 Å². The summed E-state index contributed by atoms with van der Waals surface area (Å²) in [6.07, 6.45) is 0. The van der Waals surface area contributed by atoms with E-state index >= 15 is 0 Å². The van der Waals surface area contributed by atoms with Gasteiger partial charge in [-0.05, 0) is 47.8 Å². The highest BCUT2D eigenvalue weighted by Gasteiger charge is 2.22. The zero-order valence-corrected chi connectivity index (χ0v) is 17.1. The van der Waals surface area contributed by atoms with Crippen molar-refractivity contribution in [1.82, 2.24) is 0 Å². The summed E-state index contributed by atoms with van der Waals surface area (Å²) in [6.45, 7) is -0.117. The number of hydrogen-bond donors (Lipinski definition) is 0. The molecule has 8 heteroatoms. The molecule has 1 aromatic heterocycles. The Bertz CT molecular complexity index is 1020. The van der Waals surface area contributed by atoms with Crippen molar-refractivity contribution in [2.24, 2.45) is 0 Å². The summed E-state index contributed by atoms with van der Waals surface area (Å²) in [5, 5.41) is 1.72. The molecule has 0 aliphatic carbocycles. The Kier molecular flexibility index (Phi) is 6.01. The lowest BCUT2D eigenvalue weighted by Gasteiger charge is -2.19. The average molecular weight is 417 g/mol. The fourth-order valence-corrected chi connectivity index (χ4v) is 4.83. The molecule has 28 heavy (non-hydrogen) atoms. The third kappa shape index (κ3) is 4.35. The van der Waals surface area contributed by atoms with Crippen molar-refractivity contribution in [2.75, 3.05) is 29.9 Å². The van der Waals surface area contributed by atoms with Crippen LogP contribution in [0.2, 0.25) is 0 Å². The van der Waals surface area contributed by atoms with E-state index in [9.17, 15) is 13.2 Å². The van der Waals surface area contributed by atoms with Crippen molar-refractivity contribution < 1.29 is 17.9 Å². The van der Waals surface area contributed by atoms with Crippen LogP contribution in [0.4, 0.5) is 11.4 Å². The summed E-state index contributed by atoms with van der Waals surface area (Å²) in [5.74, 6) is 0.299. The van der Waals surface area contributed by atoms with Crippen molar-refractivity contribution >= 4 is 38.6 Å². The molecule has 0 saturated heterocycles. The van der Waals surface area contributed by atoms with Gasteiger partial charge in [0, 0.05) is 19.8 Å². The van der Waals surface area contributed by atoms with Gasteiger partial charge in [-0.25, -0.2) is 8.42 Å². The number of ether oxygens (including phenoxy) is 1. The fourth-order valence-electron chi connectivity index (χ4n) is 2.47. The Morgan fingerprint density at radius 3 is 2.21 bits per heavy atom. The molecule has 0 fully saturated rings. The molecule has 0 aliphatic heterocycles. The molecule has 146 valence electrons. The molecule has 0 aliphatic rings. The monoisotopic (exact) mass is 416 g/mol. The maximum absolute atomic E-state index is 12.6. The standard InChI is InChI=1S/C20H20N2O4S2/c1-21(16-7-4-3-5-8-16)19(23)15-26-18-12-10-17(11-13-18)22(2)28(24,25)20-9-6-14-27-20/h3-14H,15H2,1-2H3. The molecule has 0 saturated carbocycles. The first-order chi connectivity index (χ1) is 13.4. The SMILES string of the molecule is CN(C(=O)COc1ccc(N(C)S(=O)(=O)c2cccs2)cc1)c1ccccc1. The second-order valence-corrected chi connectivity index (χ2v) is 9.12. The number of amides is 1. The van der Waals surface area contributed by atoms with Crippen LogP contribution in [0, 0.1) is 0 Å². The Balaban J connectivity index is 1.62. The van der Waals surface area contributed by atoms with Gasteiger partial charge in [0.25, 0.3) is 15.9 Å². The van der Waals surface area contributed by atoms with Crippen LogP contribution < -0.4 is 13.9 Å². The smallest absolute Gasteiger partial charge is 0.273 e. The highest BCUT2D eigenvalue weighted by Crippen LogP contribution is 2.26. The lowest BCUT2D eigenvalue weighted by atomic mass is 10.3. The predicted octanol–water partition coefficient (Wildman–Crippen LogP) is 3.62. The minimum Gasteiger partial charge on any atom is -0.484 e. The normalized spacial score (nSPS) is 11.1. The summed E-state index contributed by atoms with van der Waals surface area (Å²) < 4.78 is 32.2. The Hall–Kier alpha value is -2.84. The molecule has 6 nitrogen and oxygen atoms in total. The van der Waals surface area contributed by atoms with Crippen LogP contribution in [0.5, 0.6) is 5.75 Å². The molecule has 1 heterocycles. The zero-order valence-electron chi connectivity index (χ0n) is 15.5. The quantitative estimate of drug-likeness (QED) is 0.590. The topological polar surface area (TPSA) is 66.9 Å². The largest absolute Gasteiger partial charge is 0.484 e. The maximum atomic E-state index is 12.6. The van der Waals surface area contributed by atoms with E-state index in [4.69, 9.17) is 4.74 Å². The number of anilines is 2. The van der Waals surface area contributed by atoms with Crippen molar-refractivity contribution in [3.63, 3.8) is 0 Å². The van der Waals surface area contributed by atoms with Crippen molar-refractivity contribution in [3.05, 3.63) is 72.1 Å². The molecular weight excluding hydrogens is 396 g/mol. The van der Waals surface area contributed by atoms with Crippen LogP contribution in [0.3, 0.4) is 0 Å². The second-order valence-electron chi connectivity index (χ2n) is 5.98. The van der Waals surface area contributed by atoms with Gasteiger partial charge in [0.2, 0.25) is 0 Å². The van der Waals surface area contributed by atoms with Gasteiger partial charge in [0.05, 0.1) is 5.69 Å². The Morgan fingerprint density at radius 1 is 0.929 bits per heavy atom. The van der Waals surface area contributed by atoms with Crippen molar-refractivity contribution in [1.29, 1.82) is 0 Å². The van der Waals surface area contributed by atoms with E-state index in [2.05, 4.69) is 0 Å². The number of carbonyl (C=O) groups excluding carboxylic acids is 1. The first kappa shape index (κ1) is 19.9. The molecule has 0 N–H and O–H groups in total. The minimum absolute atomic E-state index is 0.117. The molecule has 0 spiro atoms. The van der Waals surface area contributed by atoms with E-state index < -0.39 is 10.0 Å². The molecule has 0 atom stereocenters. The average Bonchev–Trinajstić information content (AvgIpc) is 3.28. The van der Waals surface area contributed by atoms with Crippen LogP contribution in [0.25, 0.3) is 0 Å². The lowest BCUT2D eigenvalue weighted by molar-refractivity contribution is -0.120. The maximum Gasteiger partial charge on any atom is 0.273 e. The minimum atomic E-state index is -3.58. The number of sulfonamides is 1. The van der Waals surface area contributed by atoms with E-state index in [0.29, 0.717) is 11.4 Å². The van der Waals surface area contributed by atoms with Crippen LogP contribution in [-0.4, -0.2) is 35.0 Å². The zero-order chi connectivity index (χ0) is 20.1. The number of thiophene rings is 1. The summed E-state index contributed by atoms with van der Waals surface area (Å²) in [5.41, 5.74) is 1.29. The Labute approximate surface area is 168 Å². The van der Waals surface area contributed by atoms with Crippen molar-refractivity contribution in [2.45, 2.75) is 4.21 Å². The molecule has 0 bridgehead atoms. The Morgan fingerprint density at radius 2 is 1.61 bits per heavy atom. The molecule has 0 radical (unpaired) electrons. The third-order valence-corrected chi connectivity index (χ3v) is 7.35. The molecule has 0 unspecified atom stereocenters.